The van der Waals surface area contributed by atoms with Crippen LogP contribution in [0.3, 0.4) is 0 Å². The van der Waals surface area contributed by atoms with Gasteiger partial charge in [-0.15, -0.1) is 0 Å². The molecule has 0 fully saturated rings. The molecule has 0 unspecified atom stereocenters. The zero-order valence-corrected chi connectivity index (χ0v) is 14.6. The topological polar surface area (TPSA) is 44.8 Å². The summed E-state index contributed by atoms with van der Waals surface area (Å²) in [4.78, 5) is 12.9. The highest BCUT2D eigenvalue weighted by Gasteiger charge is 2.27. The second-order valence-electron chi connectivity index (χ2n) is 5.10. The molecule has 0 aromatic heterocycles. The molecule has 0 radical (unpaired) electrons. The summed E-state index contributed by atoms with van der Waals surface area (Å²) in [6.45, 7) is 0. The minimum absolute atomic E-state index is 0.203. The Morgan fingerprint density at radius 1 is 0.680 bits per heavy atom. The van der Waals surface area contributed by atoms with Gasteiger partial charge in [-0.3, -0.25) is 4.79 Å². The van der Waals surface area contributed by atoms with Crippen molar-refractivity contribution in [3.8, 4) is 17.2 Å². The van der Waals surface area contributed by atoms with Crippen LogP contribution in [0, 0.1) is 0 Å². The molecule has 0 aliphatic carbocycles. The van der Waals surface area contributed by atoms with Crippen LogP contribution in [0.1, 0.15) is 10.4 Å². The maximum atomic E-state index is 12.9. The zero-order chi connectivity index (χ0) is 17.5. The molecule has 0 spiro atoms. The van der Waals surface area contributed by atoms with E-state index >= 15 is 0 Å². The molecule has 0 heterocycles. The molecular weight excluding hydrogens is 335 g/mol. The Labute approximate surface area is 147 Å². The summed E-state index contributed by atoms with van der Waals surface area (Å²) in [5.74, 6) is 1.87. The van der Waals surface area contributed by atoms with Crippen LogP contribution < -0.4 is 13.8 Å². The van der Waals surface area contributed by atoms with Crippen molar-refractivity contribution in [3.05, 3.63) is 90.5 Å². The summed E-state index contributed by atoms with van der Waals surface area (Å²) in [5.41, 5.74) is 0.309. The summed E-state index contributed by atoms with van der Waals surface area (Å²) >= 11 is 0. The minimum Gasteiger partial charge on any atom is -0.497 e. The van der Waals surface area contributed by atoms with Crippen molar-refractivity contribution in [2.75, 3.05) is 7.11 Å². The third-order valence-corrected chi connectivity index (χ3v) is 4.71. The Bertz CT molecular complexity index is 763. The number of ether oxygens (including phenoxy) is 1. The van der Waals surface area contributed by atoms with Crippen molar-refractivity contribution in [1.82, 2.24) is 0 Å². The first-order valence-electron chi connectivity index (χ1n) is 7.71. The fourth-order valence-electron chi connectivity index (χ4n) is 2.09. The van der Waals surface area contributed by atoms with Crippen LogP contribution in [-0.2, 0) is 0 Å². The quantitative estimate of drug-likeness (QED) is 0.541. The molecule has 0 aliphatic heterocycles. The summed E-state index contributed by atoms with van der Waals surface area (Å²) < 4.78 is 16.8. The number of hydrogen-bond acceptors (Lipinski definition) is 4. The lowest BCUT2D eigenvalue weighted by molar-refractivity contribution is 0.106. The Morgan fingerprint density at radius 3 is 1.60 bits per heavy atom. The van der Waals surface area contributed by atoms with E-state index in [0.29, 0.717) is 22.8 Å². The highest BCUT2D eigenvalue weighted by molar-refractivity contribution is 7.67. The van der Waals surface area contributed by atoms with E-state index in [-0.39, 0.29) is 5.52 Å². The van der Waals surface area contributed by atoms with Gasteiger partial charge in [0.25, 0.3) is 5.52 Å². The number of benzene rings is 3. The molecule has 0 amide bonds. The SMILES string of the molecule is COc1ccc(C(=O)P(Oc2ccccc2)Oc2ccccc2)cc1. The Morgan fingerprint density at radius 2 is 1.16 bits per heavy atom. The maximum Gasteiger partial charge on any atom is 0.370 e. The summed E-state index contributed by atoms with van der Waals surface area (Å²) in [7, 11) is -0.260. The molecule has 0 atom stereocenters. The van der Waals surface area contributed by atoms with E-state index in [1.165, 1.54) is 0 Å². The molecule has 4 nitrogen and oxygen atoms in total. The number of carbonyl (C=O) groups is 1. The third kappa shape index (κ3) is 4.59. The van der Waals surface area contributed by atoms with Crippen molar-refractivity contribution in [2.45, 2.75) is 0 Å². The molecule has 3 aromatic carbocycles. The van der Waals surface area contributed by atoms with Gasteiger partial charge in [-0.25, -0.2) is 0 Å². The Kier molecular flexibility index (Phi) is 5.65. The fourth-order valence-corrected chi connectivity index (χ4v) is 3.28. The molecule has 5 heteroatoms. The third-order valence-electron chi connectivity index (χ3n) is 3.37. The van der Waals surface area contributed by atoms with Crippen molar-refractivity contribution < 1.29 is 18.6 Å². The zero-order valence-electron chi connectivity index (χ0n) is 13.7. The van der Waals surface area contributed by atoms with Gasteiger partial charge in [0, 0.05) is 5.56 Å². The number of carbonyl (C=O) groups excluding carboxylic acids is 1. The molecule has 126 valence electrons. The monoisotopic (exact) mass is 352 g/mol. The number of methoxy groups -OCH3 is 1. The fraction of sp³-hybridized carbons (Fsp3) is 0.0500. The highest BCUT2D eigenvalue weighted by Crippen LogP contribution is 2.43. The van der Waals surface area contributed by atoms with Crippen molar-refractivity contribution in [2.24, 2.45) is 0 Å². The van der Waals surface area contributed by atoms with Crippen LogP contribution >= 0.6 is 8.38 Å². The van der Waals surface area contributed by atoms with Gasteiger partial charge in [0.1, 0.15) is 17.2 Å². The van der Waals surface area contributed by atoms with Crippen LogP contribution in [0.5, 0.6) is 17.2 Å². The minimum atomic E-state index is -1.84. The lowest BCUT2D eigenvalue weighted by Gasteiger charge is -2.17. The number of para-hydroxylation sites is 2. The second-order valence-corrected chi connectivity index (χ2v) is 6.38. The van der Waals surface area contributed by atoms with Crippen LogP contribution in [0.25, 0.3) is 0 Å². The summed E-state index contributed by atoms with van der Waals surface area (Å²) in [6, 6.07) is 25.3. The van der Waals surface area contributed by atoms with E-state index in [9.17, 15) is 4.79 Å². The molecule has 0 N–H and O–H groups in total. The largest absolute Gasteiger partial charge is 0.497 e. The molecule has 0 aliphatic rings. The first-order valence-corrected chi connectivity index (χ1v) is 8.88. The van der Waals surface area contributed by atoms with Gasteiger partial charge in [-0.05, 0) is 48.5 Å². The normalized spacial score (nSPS) is 10.3. The smallest absolute Gasteiger partial charge is 0.370 e. The Hall–Kier alpha value is -2.84. The molecule has 0 saturated carbocycles. The second kappa shape index (κ2) is 8.32. The first-order chi connectivity index (χ1) is 12.3. The average Bonchev–Trinajstić information content (AvgIpc) is 2.68. The molecule has 0 bridgehead atoms. The lowest BCUT2D eigenvalue weighted by atomic mass is 10.2. The van der Waals surface area contributed by atoms with Gasteiger partial charge in [0.05, 0.1) is 7.11 Å². The van der Waals surface area contributed by atoms with Crippen LogP contribution in [0.15, 0.2) is 84.9 Å². The molecular formula is C20H17O4P. The van der Waals surface area contributed by atoms with E-state index in [4.69, 9.17) is 13.8 Å². The van der Waals surface area contributed by atoms with Crippen molar-refractivity contribution in [3.63, 3.8) is 0 Å². The highest BCUT2D eigenvalue weighted by atomic mass is 31.2. The molecule has 25 heavy (non-hydrogen) atoms. The maximum absolute atomic E-state index is 12.9. The lowest BCUT2D eigenvalue weighted by Crippen LogP contribution is -2.07. The van der Waals surface area contributed by atoms with Gasteiger partial charge >= 0.3 is 8.38 Å². The Balaban J connectivity index is 1.84. The summed E-state index contributed by atoms with van der Waals surface area (Å²) in [5, 5.41) is 0. The van der Waals surface area contributed by atoms with Gasteiger partial charge in [0.15, 0.2) is 0 Å². The predicted octanol–water partition coefficient (Wildman–Crippen LogP) is 5.31. The van der Waals surface area contributed by atoms with Crippen LogP contribution in [-0.4, -0.2) is 12.6 Å². The van der Waals surface area contributed by atoms with E-state index in [1.54, 1.807) is 55.6 Å². The van der Waals surface area contributed by atoms with E-state index in [2.05, 4.69) is 0 Å². The van der Waals surface area contributed by atoms with Gasteiger partial charge in [-0.2, -0.15) is 0 Å². The molecule has 3 rings (SSSR count). The van der Waals surface area contributed by atoms with Crippen LogP contribution in [0.2, 0.25) is 0 Å². The van der Waals surface area contributed by atoms with E-state index in [1.807, 2.05) is 36.4 Å². The first kappa shape index (κ1) is 17.0. The van der Waals surface area contributed by atoms with Gasteiger partial charge in [-0.1, -0.05) is 36.4 Å². The van der Waals surface area contributed by atoms with E-state index < -0.39 is 8.38 Å². The predicted molar refractivity (Wildman–Crippen MR) is 98.4 cm³/mol. The molecule has 3 aromatic rings. The van der Waals surface area contributed by atoms with Gasteiger partial charge < -0.3 is 13.8 Å². The van der Waals surface area contributed by atoms with Crippen molar-refractivity contribution in [1.29, 1.82) is 0 Å². The average molecular weight is 352 g/mol. The van der Waals surface area contributed by atoms with E-state index in [0.717, 1.165) is 0 Å². The standard InChI is InChI=1S/C20H17O4P/c1-22-17-14-12-16(13-15-17)20(21)25(23-18-8-4-2-5-9-18)24-19-10-6-3-7-11-19/h2-15H,1H3. The number of hydrogen-bond donors (Lipinski definition) is 0. The molecule has 0 saturated heterocycles. The van der Waals surface area contributed by atoms with Crippen molar-refractivity contribution >= 4 is 13.9 Å². The number of rotatable bonds is 7. The van der Waals surface area contributed by atoms with Crippen LogP contribution in [0.4, 0.5) is 0 Å². The van der Waals surface area contributed by atoms with Gasteiger partial charge in [0.2, 0.25) is 0 Å². The summed E-state index contributed by atoms with van der Waals surface area (Å²) in [6.07, 6.45) is 0.